The lowest BCUT2D eigenvalue weighted by Gasteiger charge is -2.40. The average Bonchev–Trinajstić information content (AvgIpc) is 3.37. The van der Waals surface area contributed by atoms with E-state index in [0.29, 0.717) is 10.9 Å². The first-order chi connectivity index (χ1) is 19.3. The Kier molecular flexibility index (Phi) is 9.44. The minimum absolute atomic E-state index is 0.0742. The molecular weight excluding hydrogens is 610 g/mol. The number of hydrogen-bond acceptors (Lipinski definition) is 6. The number of anilines is 1. The molecule has 1 aromatic carbocycles. The number of carbonyl (C=O) groups is 2. The normalized spacial score (nSPS) is 21.0. The summed E-state index contributed by atoms with van der Waals surface area (Å²) in [4.78, 5) is 28.2. The Hall–Kier alpha value is -3.11. The Morgan fingerprint density at radius 1 is 1.17 bits per heavy atom. The highest BCUT2D eigenvalue weighted by atomic mass is 32.5. The first-order valence-electron chi connectivity index (χ1n) is 12.9. The van der Waals surface area contributed by atoms with Gasteiger partial charge in [-0.3, -0.25) is 9.78 Å². The quantitative estimate of drug-likeness (QED) is 0.167. The molecule has 0 bridgehead atoms. The van der Waals surface area contributed by atoms with Gasteiger partial charge in [0.2, 0.25) is 11.8 Å². The highest BCUT2D eigenvalue weighted by molar-refractivity contribution is 8.45. The summed E-state index contributed by atoms with van der Waals surface area (Å²) in [6.45, 7) is 0.750. The number of carbonyl (C=O) groups excluding carboxylic acids is 2. The fraction of sp³-hybridized carbons (Fsp3) is 0.462. The smallest absolute Gasteiger partial charge is 0.310 e. The summed E-state index contributed by atoms with van der Waals surface area (Å²) in [5, 5.41) is 11.7. The lowest BCUT2D eigenvalue weighted by Crippen LogP contribution is -2.46. The van der Waals surface area contributed by atoms with Gasteiger partial charge in [0.25, 0.3) is 0 Å². The van der Waals surface area contributed by atoms with Crippen molar-refractivity contribution in [3.63, 3.8) is 0 Å². The van der Waals surface area contributed by atoms with Crippen molar-refractivity contribution in [1.29, 1.82) is 5.26 Å². The van der Waals surface area contributed by atoms with E-state index in [0.717, 1.165) is 37.8 Å². The zero-order chi connectivity index (χ0) is 31.4. The SMILES string of the molecule is CN(c1ccc(S(F)(F)(F)(F)F)cc1)C(C(=O)NC1CCC(F)(F)CC1)c1cncc(P)c1.N#CN1CCCC1C=O. The molecule has 1 saturated heterocycles. The van der Waals surface area contributed by atoms with Crippen LogP contribution in [0.2, 0.25) is 0 Å². The second-order valence-electron chi connectivity index (χ2n) is 10.3. The van der Waals surface area contributed by atoms with Gasteiger partial charge in [0.15, 0.2) is 6.19 Å². The molecule has 2 heterocycles. The summed E-state index contributed by atoms with van der Waals surface area (Å²) >= 11 is 0. The number of aromatic nitrogens is 1. The number of nitrogens with one attached hydrogen (secondary N) is 1. The Morgan fingerprint density at radius 3 is 2.29 bits per heavy atom. The number of nitrogens with zero attached hydrogens (tertiary/aromatic N) is 4. The maximum atomic E-state index is 13.4. The van der Waals surface area contributed by atoms with Gasteiger partial charge in [-0.2, -0.15) is 5.26 Å². The minimum Gasteiger partial charge on any atom is -0.359 e. The molecule has 1 amide bonds. The molecular formula is C26H31F7N5O2PS. The number of nitriles is 1. The molecule has 2 aliphatic rings. The molecule has 3 unspecified atom stereocenters. The molecule has 42 heavy (non-hydrogen) atoms. The largest absolute Gasteiger partial charge is 0.359 e. The molecule has 1 aromatic heterocycles. The molecule has 1 N–H and O–H groups in total. The van der Waals surface area contributed by atoms with E-state index in [1.54, 1.807) is 6.07 Å². The Bertz CT molecular complexity index is 1320. The van der Waals surface area contributed by atoms with E-state index in [4.69, 9.17) is 5.26 Å². The van der Waals surface area contributed by atoms with E-state index in [-0.39, 0.29) is 49.5 Å². The number of likely N-dealkylation sites (N-methyl/N-ethyl adjacent to an activating group) is 1. The van der Waals surface area contributed by atoms with Crippen LogP contribution in [0, 0.1) is 11.5 Å². The highest BCUT2D eigenvalue weighted by Gasteiger charge is 2.65. The van der Waals surface area contributed by atoms with Crippen molar-refractivity contribution in [3.8, 4) is 6.19 Å². The summed E-state index contributed by atoms with van der Waals surface area (Å²) in [6, 6.07) is 2.17. The highest BCUT2D eigenvalue weighted by Crippen LogP contribution is 3.02. The Morgan fingerprint density at radius 2 is 1.79 bits per heavy atom. The maximum absolute atomic E-state index is 13.4. The standard InChI is InChI=1S/C20H23F7N3OPS.C6H8N2O/c1-30(15-2-4-17(5-3-15)33(23,24,25,26)27)18(13-10-16(32)12-28-11-13)19(31)29-14-6-8-20(21,22)9-7-14;7-5-8-3-1-2-6(8)4-9/h2-5,10-12,14,18H,6-9,32H2,1H3,(H,29,31);4,6H,1-3H2. The maximum Gasteiger partial charge on any atom is 0.310 e. The molecule has 4 rings (SSSR count). The van der Waals surface area contributed by atoms with Gasteiger partial charge in [0, 0.05) is 56.1 Å². The molecule has 1 aliphatic carbocycles. The molecule has 0 spiro atoms. The summed E-state index contributed by atoms with van der Waals surface area (Å²) in [6.07, 6.45) is 6.96. The van der Waals surface area contributed by atoms with E-state index in [1.807, 2.05) is 6.19 Å². The molecule has 2 aromatic rings. The zero-order valence-corrected chi connectivity index (χ0v) is 24.5. The van der Waals surface area contributed by atoms with Crippen LogP contribution >= 0.6 is 19.5 Å². The summed E-state index contributed by atoms with van der Waals surface area (Å²) < 4.78 is 92.1. The predicted molar refractivity (Wildman–Crippen MR) is 149 cm³/mol. The summed E-state index contributed by atoms with van der Waals surface area (Å²) in [7, 11) is -6.02. The van der Waals surface area contributed by atoms with E-state index < -0.39 is 39.0 Å². The molecule has 2 fully saturated rings. The van der Waals surface area contributed by atoms with E-state index >= 15 is 0 Å². The molecule has 16 heteroatoms. The molecule has 1 aliphatic heterocycles. The average molecular weight is 642 g/mol. The van der Waals surface area contributed by atoms with Gasteiger partial charge >= 0.3 is 10.2 Å². The fourth-order valence-corrected chi connectivity index (χ4v) is 5.72. The van der Waals surface area contributed by atoms with Gasteiger partial charge in [-0.15, -0.1) is 9.24 Å². The van der Waals surface area contributed by atoms with Crippen LogP contribution in [0.4, 0.5) is 33.9 Å². The van der Waals surface area contributed by atoms with Crippen LogP contribution in [0.5, 0.6) is 0 Å². The number of likely N-dealkylation sites (tertiary alicyclic amines) is 1. The van der Waals surface area contributed by atoms with Crippen molar-refractivity contribution < 1.29 is 37.8 Å². The lowest BCUT2D eigenvalue weighted by atomic mass is 9.92. The number of alkyl halides is 2. The minimum atomic E-state index is -9.84. The topological polar surface area (TPSA) is 89.3 Å². The number of halogens is 7. The van der Waals surface area contributed by atoms with Crippen molar-refractivity contribution >= 4 is 42.6 Å². The number of benzene rings is 1. The van der Waals surface area contributed by atoms with Crippen molar-refractivity contribution in [2.45, 2.75) is 67.5 Å². The Balaban J connectivity index is 0.000000458. The number of aldehydes is 1. The zero-order valence-electron chi connectivity index (χ0n) is 22.5. The summed E-state index contributed by atoms with van der Waals surface area (Å²) in [5.74, 6) is -3.35. The van der Waals surface area contributed by atoms with Crippen molar-refractivity contribution in [2.24, 2.45) is 0 Å². The van der Waals surface area contributed by atoms with Crippen LogP contribution in [0.15, 0.2) is 47.6 Å². The second kappa shape index (κ2) is 11.9. The van der Waals surface area contributed by atoms with Crippen molar-refractivity contribution in [2.75, 3.05) is 18.5 Å². The number of hydrogen-bond donors (Lipinski definition) is 1. The number of amides is 1. The predicted octanol–water partition coefficient (Wildman–Crippen LogP) is 6.24. The van der Waals surface area contributed by atoms with Crippen molar-refractivity contribution in [3.05, 3.63) is 48.3 Å². The molecule has 3 atom stereocenters. The van der Waals surface area contributed by atoms with Gasteiger partial charge in [0.1, 0.15) is 17.2 Å². The van der Waals surface area contributed by atoms with E-state index in [1.165, 1.54) is 29.2 Å². The summed E-state index contributed by atoms with van der Waals surface area (Å²) in [5.41, 5.74) is 0.463. The molecule has 7 nitrogen and oxygen atoms in total. The van der Waals surface area contributed by atoms with Gasteiger partial charge in [0.05, 0.1) is 6.04 Å². The van der Waals surface area contributed by atoms with Gasteiger partial charge in [-0.1, -0.05) is 19.4 Å². The van der Waals surface area contributed by atoms with Crippen LogP contribution in [0.25, 0.3) is 0 Å². The number of rotatable bonds is 7. The van der Waals surface area contributed by atoms with Gasteiger partial charge < -0.3 is 19.9 Å². The van der Waals surface area contributed by atoms with Crippen LogP contribution in [0.1, 0.15) is 50.1 Å². The third-order valence-electron chi connectivity index (χ3n) is 7.07. The third-order valence-corrected chi connectivity index (χ3v) is 8.55. The van der Waals surface area contributed by atoms with Crippen molar-refractivity contribution in [1.82, 2.24) is 15.2 Å². The number of pyridine rings is 1. The van der Waals surface area contributed by atoms with Crippen LogP contribution in [-0.2, 0) is 9.59 Å². The van der Waals surface area contributed by atoms with Gasteiger partial charge in [-0.25, -0.2) is 8.78 Å². The van der Waals surface area contributed by atoms with Crippen LogP contribution in [-0.4, -0.2) is 53.7 Å². The first kappa shape index (κ1) is 33.4. The lowest BCUT2D eigenvalue weighted by molar-refractivity contribution is -0.124. The first-order valence-corrected chi connectivity index (χ1v) is 15.4. The third kappa shape index (κ3) is 8.94. The van der Waals surface area contributed by atoms with E-state index in [9.17, 15) is 37.8 Å². The molecule has 0 radical (unpaired) electrons. The molecule has 1 saturated carbocycles. The van der Waals surface area contributed by atoms with Gasteiger partial charge in [-0.05, 0) is 61.3 Å². The fourth-order valence-electron chi connectivity index (χ4n) is 4.79. The van der Waals surface area contributed by atoms with Crippen LogP contribution in [0.3, 0.4) is 0 Å². The monoisotopic (exact) mass is 641 g/mol. The molecule has 232 valence electrons. The Labute approximate surface area is 241 Å². The van der Waals surface area contributed by atoms with E-state index in [2.05, 4.69) is 19.5 Å². The van der Waals surface area contributed by atoms with Crippen LogP contribution < -0.4 is 15.5 Å². The second-order valence-corrected chi connectivity index (χ2v) is 13.4.